The summed E-state index contributed by atoms with van der Waals surface area (Å²) in [6, 6.07) is 21.5. The molecular formula is C28H19BrFN3O4S2. The van der Waals surface area contributed by atoms with Crippen LogP contribution in [0.15, 0.2) is 93.2 Å². The van der Waals surface area contributed by atoms with Crippen LogP contribution in [0.3, 0.4) is 0 Å². The molecule has 0 spiro atoms. The van der Waals surface area contributed by atoms with Crippen molar-refractivity contribution in [3.8, 4) is 0 Å². The van der Waals surface area contributed by atoms with Crippen molar-refractivity contribution in [3.63, 3.8) is 0 Å². The fraction of sp³-hybridized carbons (Fsp3) is 0.143. The minimum atomic E-state index is -0.818. The van der Waals surface area contributed by atoms with Gasteiger partial charge < -0.3 is 5.32 Å². The summed E-state index contributed by atoms with van der Waals surface area (Å²) >= 11 is 5.46. The summed E-state index contributed by atoms with van der Waals surface area (Å²) in [6.45, 7) is -0.251. The minimum absolute atomic E-state index is 0.251. The molecule has 2 unspecified atom stereocenters. The van der Waals surface area contributed by atoms with Gasteiger partial charge in [-0.3, -0.25) is 23.7 Å². The predicted octanol–water partition coefficient (Wildman–Crippen LogP) is 5.25. The number of carbonyl (C=O) groups excluding carboxylic acids is 3. The van der Waals surface area contributed by atoms with Crippen LogP contribution < -0.4 is 15.1 Å². The van der Waals surface area contributed by atoms with Gasteiger partial charge in [0.1, 0.15) is 17.6 Å². The number of benzene rings is 3. The van der Waals surface area contributed by atoms with E-state index in [1.165, 1.54) is 21.6 Å². The molecule has 0 radical (unpaired) electrons. The number of thioether (sulfide) groups is 1. The van der Waals surface area contributed by atoms with Crippen LogP contribution in [0.2, 0.25) is 0 Å². The van der Waals surface area contributed by atoms with Gasteiger partial charge in [0.25, 0.3) is 0 Å². The average Bonchev–Trinajstić information content (AvgIpc) is 3.36. The molecule has 2 aliphatic heterocycles. The molecule has 39 heavy (non-hydrogen) atoms. The van der Waals surface area contributed by atoms with Gasteiger partial charge in [0.05, 0.1) is 16.6 Å². The number of anilines is 2. The summed E-state index contributed by atoms with van der Waals surface area (Å²) in [5.74, 6) is -3.05. The number of hydrogen-bond donors (Lipinski definition) is 1. The van der Waals surface area contributed by atoms with Crippen LogP contribution >= 0.6 is 39.0 Å². The molecule has 11 heteroatoms. The molecule has 1 aromatic heterocycles. The number of carbonyl (C=O) groups is 3. The third-order valence-corrected chi connectivity index (χ3v) is 9.85. The zero-order chi connectivity index (χ0) is 27.3. The van der Waals surface area contributed by atoms with Gasteiger partial charge in [-0.25, -0.2) is 9.29 Å². The van der Waals surface area contributed by atoms with Crippen molar-refractivity contribution in [1.82, 2.24) is 4.57 Å². The molecule has 4 aromatic rings. The Hall–Kier alpha value is -3.54. The van der Waals surface area contributed by atoms with Crippen molar-refractivity contribution in [2.75, 3.05) is 10.2 Å². The van der Waals surface area contributed by atoms with Crippen LogP contribution in [0.1, 0.15) is 16.4 Å². The number of halogens is 2. The molecule has 0 aliphatic carbocycles. The second-order valence-corrected chi connectivity index (χ2v) is 12.2. The Kier molecular flexibility index (Phi) is 6.74. The second kappa shape index (κ2) is 10.2. The maximum Gasteiger partial charge on any atom is 0.308 e. The molecule has 3 aromatic carbocycles. The maximum absolute atomic E-state index is 13.8. The third kappa shape index (κ3) is 4.64. The summed E-state index contributed by atoms with van der Waals surface area (Å²) in [6.07, 6.45) is 0. The number of nitrogens with zero attached hydrogens (tertiary/aromatic N) is 2. The number of para-hydroxylation sites is 1. The molecule has 2 aliphatic rings. The summed E-state index contributed by atoms with van der Waals surface area (Å²) in [4.78, 5) is 55.0. The number of fused-ring (bicyclic) bond motifs is 2. The van der Waals surface area contributed by atoms with Crippen LogP contribution in [-0.2, 0) is 20.9 Å². The number of nitrogens with one attached hydrogen (secondary N) is 1. The number of hydrogen-bond acceptors (Lipinski definition) is 6. The number of rotatable bonds is 5. The maximum atomic E-state index is 13.8. The normalized spacial score (nSPS) is 20.1. The van der Waals surface area contributed by atoms with Gasteiger partial charge in [0.15, 0.2) is 0 Å². The second-order valence-electron chi connectivity index (χ2n) is 9.12. The van der Waals surface area contributed by atoms with Crippen LogP contribution in [-0.4, -0.2) is 27.5 Å². The fourth-order valence-electron chi connectivity index (χ4n) is 4.99. The van der Waals surface area contributed by atoms with E-state index < -0.39 is 34.7 Å². The average molecular weight is 625 g/mol. The first-order chi connectivity index (χ1) is 18.8. The van der Waals surface area contributed by atoms with E-state index in [-0.39, 0.29) is 17.3 Å². The molecule has 3 amide bonds. The lowest BCUT2D eigenvalue weighted by Gasteiger charge is -2.30. The largest absolute Gasteiger partial charge is 0.325 e. The molecule has 196 valence electrons. The van der Waals surface area contributed by atoms with E-state index in [0.717, 1.165) is 27.6 Å². The Bertz CT molecular complexity index is 1660. The standard InChI is InChI=1S/C28H19BrFN3O4S2/c29-16-8-12-19(13-9-16)33-25(35)22-21(15-6-10-17(30)11-7-15)24-27(38-23(22)26(33)36)32(28(37)39-24)14-20(34)31-18-4-2-1-3-5-18/h1-13,21-23H,14H2,(H,31,34)/t21-,22?,23?/m0/s1. The fourth-order valence-corrected chi connectivity index (χ4v) is 8.03. The minimum Gasteiger partial charge on any atom is -0.325 e. The van der Waals surface area contributed by atoms with Crippen molar-refractivity contribution < 1.29 is 18.8 Å². The van der Waals surface area contributed by atoms with Gasteiger partial charge in [-0.15, -0.1) is 0 Å². The highest BCUT2D eigenvalue weighted by atomic mass is 79.9. The van der Waals surface area contributed by atoms with Gasteiger partial charge >= 0.3 is 4.87 Å². The Labute approximate surface area is 238 Å². The summed E-state index contributed by atoms with van der Waals surface area (Å²) in [7, 11) is 0. The first kappa shape index (κ1) is 25.7. The molecule has 3 atom stereocenters. The Balaban J connectivity index is 1.42. The van der Waals surface area contributed by atoms with Crippen LogP contribution in [0, 0.1) is 11.7 Å². The van der Waals surface area contributed by atoms with Gasteiger partial charge in [-0.05, 0) is 54.1 Å². The lowest BCUT2D eigenvalue weighted by Crippen LogP contribution is -2.33. The van der Waals surface area contributed by atoms with Crippen molar-refractivity contribution >= 4 is 68.1 Å². The molecule has 6 rings (SSSR count). The summed E-state index contributed by atoms with van der Waals surface area (Å²) < 4.78 is 16.0. The van der Waals surface area contributed by atoms with E-state index in [2.05, 4.69) is 21.2 Å². The Morgan fingerprint density at radius 3 is 2.31 bits per heavy atom. The van der Waals surface area contributed by atoms with Crippen molar-refractivity contribution in [1.29, 1.82) is 0 Å². The number of aromatic nitrogens is 1. The molecule has 3 heterocycles. The van der Waals surface area contributed by atoms with Gasteiger partial charge in [0.2, 0.25) is 17.7 Å². The van der Waals surface area contributed by atoms with Crippen molar-refractivity contribution in [2.24, 2.45) is 5.92 Å². The van der Waals surface area contributed by atoms with Crippen LogP contribution in [0.5, 0.6) is 0 Å². The van der Waals surface area contributed by atoms with E-state index in [4.69, 9.17) is 0 Å². The first-order valence-electron chi connectivity index (χ1n) is 12.0. The van der Waals surface area contributed by atoms with E-state index in [1.807, 2.05) is 6.07 Å². The smallest absolute Gasteiger partial charge is 0.308 e. The summed E-state index contributed by atoms with van der Waals surface area (Å²) in [5.41, 5.74) is 1.66. The molecule has 0 saturated carbocycles. The molecule has 1 N–H and O–H groups in total. The monoisotopic (exact) mass is 623 g/mol. The van der Waals surface area contributed by atoms with Gasteiger partial charge in [-0.1, -0.05) is 69.4 Å². The lowest BCUT2D eigenvalue weighted by atomic mass is 9.83. The van der Waals surface area contributed by atoms with E-state index >= 15 is 0 Å². The van der Waals surface area contributed by atoms with Crippen molar-refractivity contribution in [3.05, 3.63) is 109 Å². The number of imide groups is 1. The molecule has 1 fully saturated rings. The third-order valence-electron chi connectivity index (χ3n) is 6.72. The first-order valence-corrected chi connectivity index (χ1v) is 14.4. The molecule has 0 bridgehead atoms. The Morgan fingerprint density at radius 2 is 1.62 bits per heavy atom. The van der Waals surface area contributed by atoms with Gasteiger partial charge in [-0.2, -0.15) is 0 Å². The molecule has 7 nitrogen and oxygen atoms in total. The van der Waals surface area contributed by atoms with E-state index in [0.29, 0.717) is 26.8 Å². The molecular weight excluding hydrogens is 605 g/mol. The van der Waals surface area contributed by atoms with Crippen LogP contribution in [0.4, 0.5) is 15.8 Å². The topological polar surface area (TPSA) is 88.5 Å². The Morgan fingerprint density at radius 1 is 0.923 bits per heavy atom. The quantitative estimate of drug-likeness (QED) is 0.307. The number of amides is 3. The highest BCUT2D eigenvalue weighted by Gasteiger charge is 2.56. The zero-order valence-electron chi connectivity index (χ0n) is 20.0. The number of thiazole rings is 1. The van der Waals surface area contributed by atoms with E-state index in [1.54, 1.807) is 60.7 Å². The predicted molar refractivity (Wildman–Crippen MR) is 152 cm³/mol. The van der Waals surface area contributed by atoms with Crippen LogP contribution in [0.25, 0.3) is 0 Å². The zero-order valence-corrected chi connectivity index (χ0v) is 23.3. The van der Waals surface area contributed by atoms with E-state index in [9.17, 15) is 23.6 Å². The highest BCUT2D eigenvalue weighted by Crippen LogP contribution is 2.53. The van der Waals surface area contributed by atoms with Crippen molar-refractivity contribution in [2.45, 2.75) is 22.7 Å². The summed E-state index contributed by atoms with van der Waals surface area (Å²) in [5, 5.41) is 2.44. The molecule has 1 saturated heterocycles. The highest BCUT2D eigenvalue weighted by molar-refractivity contribution is 9.10. The SMILES string of the molecule is O=C(Cn1c2c(sc1=O)[C@@H](c1ccc(F)cc1)C1C(=O)N(c3ccc(Br)cc3)C(=O)C1S2)Nc1ccccc1. The van der Waals surface area contributed by atoms with Gasteiger partial charge in [0, 0.05) is 21.0 Å². The lowest BCUT2D eigenvalue weighted by molar-refractivity contribution is -0.122.